The normalized spacial score (nSPS) is 15.6. The SMILES string of the molecule is C=C/C(Nc1ccc(C(C)(C)CC(C)(C)C)cc1)=C1/CCC=CC1=C.Cc1cc(C(C)(C)CC(C)(C)C)ccc1N. The zero-order chi connectivity index (χ0) is 31.2. The van der Waals surface area contributed by atoms with Crippen molar-refractivity contribution < 1.29 is 0 Å². The van der Waals surface area contributed by atoms with Gasteiger partial charge in [0.2, 0.25) is 0 Å². The molecule has 0 atom stereocenters. The van der Waals surface area contributed by atoms with Crippen molar-refractivity contribution in [3.63, 3.8) is 0 Å². The third-order valence-corrected chi connectivity index (χ3v) is 7.74. The molecule has 41 heavy (non-hydrogen) atoms. The van der Waals surface area contributed by atoms with E-state index in [0.717, 1.165) is 41.9 Å². The molecule has 2 aromatic carbocycles. The van der Waals surface area contributed by atoms with Crippen LogP contribution in [0.15, 0.2) is 90.7 Å². The molecule has 224 valence electrons. The van der Waals surface area contributed by atoms with Crippen LogP contribution in [0.3, 0.4) is 0 Å². The monoisotopic (exact) mass is 554 g/mol. The Labute approximate surface area is 252 Å². The van der Waals surface area contributed by atoms with E-state index in [9.17, 15) is 0 Å². The topological polar surface area (TPSA) is 38.0 Å². The van der Waals surface area contributed by atoms with Gasteiger partial charge in [-0.05, 0) is 106 Å². The first-order valence-corrected chi connectivity index (χ1v) is 15.2. The summed E-state index contributed by atoms with van der Waals surface area (Å²) in [5.41, 5.74) is 16.2. The fourth-order valence-corrected chi connectivity index (χ4v) is 6.38. The van der Waals surface area contributed by atoms with Crippen molar-refractivity contribution in [3.8, 4) is 0 Å². The molecule has 0 amide bonds. The van der Waals surface area contributed by atoms with E-state index in [0.29, 0.717) is 10.8 Å². The summed E-state index contributed by atoms with van der Waals surface area (Å²) in [5.74, 6) is 0. The molecule has 0 unspecified atom stereocenters. The summed E-state index contributed by atoms with van der Waals surface area (Å²) in [5, 5.41) is 3.52. The quantitative estimate of drug-likeness (QED) is 0.334. The fraction of sp³-hybridized carbons (Fsp3) is 0.487. The lowest BCUT2D eigenvalue weighted by Crippen LogP contribution is -2.24. The summed E-state index contributed by atoms with van der Waals surface area (Å²) in [6.07, 6.45) is 10.6. The van der Waals surface area contributed by atoms with Crippen molar-refractivity contribution in [1.82, 2.24) is 0 Å². The molecule has 0 saturated heterocycles. The summed E-state index contributed by atoms with van der Waals surface area (Å²) in [6, 6.07) is 15.2. The number of nitrogens with one attached hydrogen (secondary N) is 1. The maximum atomic E-state index is 5.86. The number of rotatable bonds is 7. The largest absolute Gasteiger partial charge is 0.399 e. The van der Waals surface area contributed by atoms with Crippen LogP contribution in [0.2, 0.25) is 0 Å². The van der Waals surface area contributed by atoms with Crippen LogP contribution in [0.5, 0.6) is 0 Å². The van der Waals surface area contributed by atoms with Gasteiger partial charge in [0.25, 0.3) is 0 Å². The van der Waals surface area contributed by atoms with Crippen LogP contribution < -0.4 is 11.1 Å². The lowest BCUT2D eigenvalue weighted by molar-refractivity contribution is 0.283. The van der Waals surface area contributed by atoms with Crippen molar-refractivity contribution in [2.24, 2.45) is 10.8 Å². The van der Waals surface area contributed by atoms with E-state index in [-0.39, 0.29) is 10.8 Å². The zero-order valence-electron chi connectivity index (χ0n) is 28.1. The van der Waals surface area contributed by atoms with Gasteiger partial charge in [-0.25, -0.2) is 0 Å². The second kappa shape index (κ2) is 13.3. The summed E-state index contributed by atoms with van der Waals surface area (Å²) in [6.45, 7) is 33.3. The summed E-state index contributed by atoms with van der Waals surface area (Å²) >= 11 is 0. The number of nitrogen functional groups attached to an aromatic ring is 1. The van der Waals surface area contributed by atoms with Gasteiger partial charge in [-0.2, -0.15) is 0 Å². The van der Waals surface area contributed by atoms with E-state index in [4.69, 9.17) is 5.73 Å². The minimum atomic E-state index is 0.166. The number of nitrogens with two attached hydrogens (primary N) is 1. The third kappa shape index (κ3) is 10.7. The summed E-state index contributed by atoms with van der Waals surface area (Å²) in [7, 11) is 0. The highest BCUT2D eigenvalue weighted by atomic mass is 14.9. The predicted octanol–water partition coefficient (Wildman–Crippen LogP) is 11.4. The Kier molecular flexibility index (Phi) is 11.1. The Hall–Kier alpha value is -3.00. The van der Waals surface area contributed by atoms with Crippen molar-refractivity contribution in [1.29, 1.82) is 0 Å². The lowest BCUT2D eigenvalue weighted by Gasteiger charge is -2.33. The van der Waals surface area contributed by atoms with E-state index < -0.39 is 0 Å². The number of hydrogen-bond acceptors (Lipinski definition) is 2. The molecule has 2 nitrogen and oxygen atoms in total. The molecule has 3 rings (SSSR count). The molecule has 0 bridgehead atoms. The highest BCUT2D eigenvalue weighted by Crippen LogP contribution is 2.38. The molecule has 0 heterocycles. The van der Waals surface area contributed by atoms with Crippen molar-refractivity contribution >= 4 is 11.4 Å². The Bertz CT molecular complexity index is 1250. The third-order valence-electron chi connectivity index (χ3n) is 7.74. The molecule has 0 saturated carbocycles. The second-order valence-corrected chi connectivity index (χ2v) is 15.6. The molecule has 0 fully saturated rings. The van der Waals surface area contributed by atoms with Crippen LogP contribution >= 0.6 is 0 Å². The highest BCUT2D eigenvalue weighted by molar-refractivity contribution is 5.57. The van der Waals surface area contributed by atoms with E-state index in [1.807, 2.05) is 12.1 Å². The van der Waals surface area contributed by atoms with Gasteiger partial charge in [-0.15, -0.1) is 0 Å². The van der Waals surface area contributed by atoms with Crippen LogP contribution in [0.1, 0.15) is 112 Å². The molecule has 1 aliphatic carbocycles. The van der Waals surface area contributed by atoms with Gasteiger partial charge in [0.1, 0.15) is 0 Å². The van der Waals surface area contributed by atoms with Crippen LogP contribution in [0.25, 0.3) is 0 Å². The molecule has 2 aromatic rings. The van der Waals surface area contributed by atoms with E-state index in [2.05, 4.69) is 143 Å². The van der Waals surface area contributed by atoms with Gasteiger partial charge < -0.3 is 11.1 Å². The number of benzene rings is 2. The number of allylic oxidation sites excluding steroid dienone is 5. The lowest BCUT2D eigenvalue weighted by atomic mass is 9.72. The number of hydrogen-bond donors (Lipinski definition) is 2. The predicted molar refractivity (Wildman–Crippen MR) is 185 cm³/mol. The van der Waals surface area contributed by atoms with Gasteiger partial charge in [0.15, 0.2) is 0 Å². The van der Waals surface area contributed by atoms with Crippen LogP contribution in [-0.2, 0) is 10.8 Å². The van der Waals surface area contributed by atoms with E-state index in [1.165, 1.54) is 28.7 Å². The average Bonchev–Trinajstić information content (AvgIpc) is 2.82. The van der Waals surface area contributed by atoms with E-state index in [1.54, 1.807) is 0 Å². The Morgan fingerprint density at radius 2 is 1.34 bits per heavy atom. The van der Waals surface area contributed by atoms with Crippen LogP contribution in [-0.4, -0.2) is 0 Å². The van der Waals surface area contributed by atoms with Crippen molar-refractivity contribution in [2.75, 3.05) is 11.1 Å². The fourth-order valence-electron chi connectivity index (χ4n) is 6.38. The van der Waals surface area contributed by atoms with Crippen LogP contribution in [0, 0.1) is 17.8 Å². The maximum Gasteiger partial charge on any atom is 0.0416 e. The standard InChI is InChI=1S/C24H33N.C15H25N/c1-8-22(21-12-10-9-11-18(21)2)25-20-15-13-19(14-16-20)24(6,7)17-23(3,4)5;1-11-9-12(7-8-13(11)16)15(5,6)10-14(2,3)4/h8-9,11,13-16,25H,1-2,10,12,17H2,3-7H3;7-9H,10,16H2,1-6H3/b22-21+;. The highest BCUT2D eigenvalue weighted by Gasteiger charge is 2.28. The average molecular weight is 555 g/mol. The van der Waals surface area contributed by atoms with Crippen LogP contribution in [0.4, 0.5) is 11.4 Å². The Morgan fingerprint density at radius 3 is 1.80 bits per heavy atom. The molecule has 1 aliphatic rings. The summed E-state index contributed by atoms with van der Waals surface area (Å²) in [4.78, 5) is 0. The smallest absolute Gasteiger partial charge is 0.0416 e. The maximum absolute atomic E-state index is 5.86. The molecular formula is C39H58N2. The molecule has 0 aromatic heterocycles. The van der Waals surface area contributed by atoms with Gasteiger partial charge in [0, 0.05) is 17.1 Å². The van der Waals surface area contributed by atoms with E-state index >= 15 is 0 Å². The second-order valence-electron chi connectivity index (χ2n) is 15.6. The molecular weight excluding hydrogens is 496 g/mol. The molecule has 0 aliphatic heterocycles. The van der Waals surface area contributed by atoms with Crippen molar-refractivity contribution in [3.05, 3.63) is 107 Å². The van der Waals surface area contributed by atoms with Gasteiger partial charge in [-0.3, -0.25) is 0 Å². The molecule has 0 spiro atoms. The molecule has 3 N–H and O–H groups in total. The number of anilines is 2. The molecule has 0 radical (unpaired) electrons. The minimum Gasteiger partial charge on any atom is -0.399 e. The van der Waals surface area contributed by atoms with Gasteiger partial charge in [0.05, 0.1) is 0 Å². The first-order chi connectivity index (χ1) is 18.7. The first kappa shape index (κ1) is 34.2. The Morgan fingerprint density at radius 1 is 0.829 bits per heavy atom. The van der Waals surface area contributed by atoms with Crippen molar-refractivity contribution in [2.45, 2.75) is 113 Å². The first-order valence-electron chi connectivity index (χ1n) is 15.2. The zero-order valence-corrected chi connectivity index (χ0v) is 28.1. The summed E-state index contributed by atoms with van der Waals surface area (Å²) < 4.78 is 0. The van der Waals surface area contributed by atoms with Gasteiger partial charge >= 0.3 is 0 Å². The minimum absolute atomic E-state index is 0.166. The van der Waals surface area contributed by atoms with Gasteiger partial charge in [-0.1, -0.05) is 119 Å². The Balaban J connectivity index is 0.000000317. The molecule has 2 heteroatoms. The number of aryl methyl sites for hydroxylation is 1.